The van der Waals surface area contributed by atoms with Crippen molar-refractivity contribution in [2.75, 3.05) is 6.54 Å². The Morgan fingerprint density at radius 1 is 1.25 bits per heavy atom. The van der Waals surface area contributed by atoms with Crippen molar-refractivity contribution in [1.29, 1.82) is 0 Å². The number of carbonyl (C=O) groups excluding carboxylic acids is 2. The quantitative estimate of drug-likeness (QED) is 0.763. The summed E-state index contributed by atoms with van der Waals surface area (Å²) in [5, 5.41) is 2.64. The molecular formula is C14H15N3O3. The molecule has 1 saturated heterocycles. The number of fused-ring (bicyclic) bond motifs is 1. The van der Waals surface area contributed by atoms with Crippen LogP contribution in [0.1, 0.15) is 30.5 Å². The molecule has 1 atom stereocenters. The first-order chi connectivity index (χ1) is 9.63. The fraction of sp³-hybridized carbons (Fsp3) is 0.429. The third-order valence-electron chi connectivity index (χ3n) is 3.72. The van der Waals surface area contributed by atoms with E-state index in [1.807, 2.05) is 0 Å². The highest BCUT2D eigenvalue weighted by Crippen LogP contribution is 2.20. The minimum Gasteiger partial charge on any atom is -0.355 e. The molecule has 6 heteroatoms. The molecule has 2 aliphatic rings. The molecule has 1 unspecified atom stereocenters. The van der Waals surface area contributed by atoms with Crippen LogP contribution in [0.25, 0.3) is 0 Å². The van der Waals surface area contributed by atoms with Gasteiger partial charge in [0.25, 0.3) is 5.91 Å². The maximum absolute atomic E-state index is 12.1. The minimum absolute atomic E-state index is 0.100. The van der Waals surface area contributed by atoms with Gasteiger partial charge in [0.2, 0.25) is 11.5 Å². The second kappa shape index (κ2) is 5.03. The number of amides is 2. The number of aromatic amines is 1. The summed E-state index contributed by atoms with van der Waals surface area (Å²) < 4.78 is 0. The zero-order chi connectivity index (χ0) is 14.1. The normalized spacial score (nSPS) is 23.5. The fourth-order valence-electron chi connectivity index (χ4n) is 2.67. The molecule has 0 aromatic carbocycles. The van der Waals surface area contributed by atoms with Crippen molar-refractivity contribution in [3.8, 4) is 0 Å². The van der Waals surface area contributed by atoms with Crippen molar-refractivity contribution in [3.05, 3.63) is 33.7 Å². The number of nitrogens with one attached hydrogen (secondary N) is 2. The first kappa shape index (κ1) is 12.8. The maximum atomic E-state index is 12.1. The lowest BCUT2D eigenvalue weighted by atomic mass is 9.94. The summed E-state index contributed by atoms with van der Waals surface area (Å²) in [6.45, 7) is 0.368. The van der Waals surface area contributed by atoms with Crippen molar-refractivity contribution in [1.82, 2.24) is 10.3 Å². The van der Waals surface area contributed by atoms with Crippen LogP contribution < -0.4 is 10.9 Å². The van der Waals surface area contributed by atoms with Crippen LogP contribution in [0, 0.1) is 5.92 Å². The number of hydrogen-bond donors (Lipinski definition) is 2. The summed E-state index contributed by atoms with van der Waals surface area (Å²) in [6.07, 6.45) is 2.59. The number of H-pyrrole nitrogens is 1. The smallest absolute Gasteiger partial charge is 0.251 e. The van der Waals surface area contributed by atoms with Crippen LogP contribution in [0.2, 0.25) is 0 Å². The van der Waals surface area contributed by atoms with Gasteiger partial charge in [-0.05, 0) is 25.3 Å². The summed E-state index contributed by atoms with van der Waals surface area (Å²) in [4.78, 5) is 41.5. The van der Waals surface area contributed by atoms with Crippen LogP contribution >= 0.6 is 0 Å². The summed E-state index contributed by atoms with van der Waals surface area (Å²) >= 11 is 0. The van der Waals surface area contributed by atoms with Crippen molar-refractivity contribution in [3.63, 3.8) is 0 Å². The number of nitrogens with zero attached hydrogens (tertiary/aromatic N) is 1. The predicted molar refractivity (Wildman–Crippen MR) is 72.7 cm³/mol. The molecule has 104 valence electrons. The number of hydrogen-bond acceptors (Lipinski definition) is 3. The van der Waals surface area contributed by atoms with E-state index >= 15 is 0 Å². The topological polar surface area (TPSA) is 91.4 Å². The van der Waals surface area contributed by atoms with Gasteiger partial charge in [-0.3, -0.25) is 14.4 Å². The van der Waals surface area contributed by atoms with Gasteiger partial charge in [0.05, 0.1) is 11.6 Å². The highest BCUT2D eigenvalue weighted by Gasteiger charge is 2.28. The summed E-state index contributed by atoms with van der Waals surface area (Å²) in [5.74, 6) is -0.711. The van der Waals surface area contributed by atoms with Gasteiger partial charge in [-0.1, -0.05) is 0 Å². The van der Waals surface area contributed by atoms with E-state index in [1.165, 1.54) is 6.07 Å². The van der Waals surface area contributed by atoms with E-state index in [2.05, 4.69) is 15.3 Å². The monoisotopic (exact) mass is 273 g/mol. The molecule has 2 N–H and O–H groups in total. The molecule has 0 radical (unpaired) electrons. The Morgan fingerprint density at radius 2 is 2.10 bits per heavy atom. The van der Waals surface area contributed by atoms with E-state index in [-0.39, 0.29) is 29.7 Å². The lowest BCUT2D eigenvalue weighted by molar-refractivity contribution is -0.124. The Labute approximate surface area is 115 Å². The van der Waals surface area contributed by atoms with E-state index in [0.29, 0.717) is 12.3 Å². The summed E-state index contributed by atoms with van der Waals surface area (Å²) in [6, 6.07) is 3.17. The first-order valence-corrected chi connectivity index (χ1v) is 6.74. The highest BCUT2D eigenvalue weighted by atomic mass is 16.2. The van der Waals surface area contributed by atoms with Gasteiger partial charge in [-0.15, -0.1) is 0 Å². The third kappa shape index (κ3) is 2.41. The molecule has 1 aromatic heterocycles. The molecule has 0 spiro atoms. The Bertz CT molecular complexity index is 660. The molecule has 20 heavy (non-hydrogen) atoms. The molecular weight excluding hydrogens is 258 g/mol. The van der Waals surface area contributed by atoms with Gasteiger partial charge in [0, 0.05) is 30.3 Å². The summed E-state index contributed by atoms with van der Waals surface area (Å²) in [7, 11) is 0. The second-order valence-corrected chi connectivity index (χ2v) is 5.17. The van der Waals surface area contributed by atoms with Crippen molar-refractivity contribution < 1.29 is 9.59 Å². The van der Waals surface area contributed by atoms with Gasteiger partial charge in [0.1, 0.15) is 0 Å². The van der Waals surface area contributed by atoms with Gasteiger partial charge in [0.15, 0.2) is 0 Å². The highest BCUT2D eigenvalue weighted by molar-refractivity contribution is 6.08. The predicted octanol–water partition coefficient (Wildman–Crippen LogP) is 0.163. The van der Waals surface area contributed by atoms with Crippen molar-refractivity contribution in [2.24, 2.45) is 10.9 Å². The average Bonchev–Trinajstić information content (AvgIpc) is 2.85. The van der Waals surface area contributed by atoms with Gasteiger partial charge in [-0.25, -0.2) is 4.99 Å². The van der Waals surface area contributed by atoms with E-state index in [0.717, 1.165) is 30.5 Å². The average molecular weight is 273 g/mol. The second-order valence-electron chi connectivity index (χ2n) is 5.17. The van der Waals surface area contributed by atoms with Gasteiger partial charge >= 0.3 is 0 Å². The molecule has 1 fully saturated rings. The number of carbonyl (C=O) groups is 2. The molecule has 0 saturated carbocycles. The Kier molecular flexibility index (Phi) is 3.22. The fourth-order valence-corrected chi connectivity index (χ4v) is 2.67. The Morgan fingerprint density at radius 3 is 2.85 bits per heavy atom. The standard InChI is InChI=1S/C14H15N3O3/c18-12-5-4-9-10(16-12)2-1-3-11(9)17-14(20)8-6-13(19)15-7-8/h4-5,8H,1-3,6-7H2,(H,15,19)(H,16,18). The van der Waals surface area contributed by atoms with Crippen molar-refractivity contribution >= 4 is 17.5 Å². The molecule has 1 aliphatic carbocycles. The van der Waals surface area contributed by atoms with Gasteiger partial charge in [-0.2, -0.15) is 0 Å². The van der Waals surface area contributed by atoms with Gasteiger partial charge < -0.3 is 10.3 Å². The molecule has 1 aliphatic heterocycles. The van der Waals surface area contributed by atoms with Crippen LogP contribution in [-0.4, -0.2) is 29.1 Å². The van der Waals surface area contributed by atoms with E-state index < -0.39 is 0 Å². The molecule has 3 rings (SSSR count). The SMILES string of the molecule is O=C1CC(C(=O)N=C2CCCc3[nH]c(=O)ccc32)CN1. The van der Waals surface area contributed by atoms with E-state index in [1.54, 1.807) is 6.07 Å². The largest absolute Gasteiger partial charge is 0.355 e. The number of aromatic nitrogens is 1. The van der Waals surface area contributed by atoms with Crippen LogP contribution in [0.15, 0.2) is 21.9 Å². The number of rotatable bonds is 1. The number of aliphatic imine (C=N–C) groups is 1. The van der Waals surface area contributed by atoms with Crippen molar-refractivity contribution in [2.45, 2.75) is 25.7 Å². The zero-order valence-electron chi connectivity index (χ0n) is 10.9. The Balaban J connectivity index is 1.88. The molecule has 2 amide bonds. The lowest BCUT2D eigenvalue weighted by Gasteiger charge is -2.17. The van der Waals surface area contributed by atoms with E-state index in [9.17, 15) is 14.4 Å². The van der Waals surface area contributed by atoms with Crippen LogP contribution in [0.5, 0.6) is 0 Å². The van der Waals surface area contributed by atoms with Crippen LogP contribution in [-0.2, 0) is 16.0 Å². The maximum Gasteiger partial charge on any atom is 0.251 e. The zero-order valence-corrected chi connectivity index (χ0v) is 10.9. The number of aryl methyl sites for hydroxylation is 1. The molecule has 0 bridgehead atoms. The minimum atomic E-state index is -0.358. The summed E-state index contributed by atoms with van der Waals surface area (Å²) in [5.41, 5.74) is 2.27. The first-order valence-electron chi connectivity index (χ1n) is 6.74. The molecule has 6 nitrogen and oxygen atoms in total. The van der Waals surface area contributed by atoms with Crippen LogP contribution in [0.4, 0.5) is 0 Å². The van der Waals surface area contributed by atoms with E-state index in [4.69, 9.17) is 0 Å². The molecule has 1 aromatic rings. The van der Waals surface area contributed by atoms with Crippen LogP contribution in [0.3, 0.4) is 0 Å². The lowest BCUT2D eigenvalue weighted by Crippen LogP contribution is -2.22. The molecule has 2 heterocycles. The number of pyridine rings is 1. The Hall–Kier alpha value is -2.24. The third-order valence-corrected chi connectivity index (χ3v) is 3.72.